The van der Waals surface area contributed by atoms with Gasteiger partial charge in [0.15, 0.2) is 0 Å². The third kappa shape index (κ3) is 4.90. The van der Waals surface area contributed by atoms with Crippen LogP contribution in [0.15, 0.2) is 18.2 Å². The van der Waals surface area contributed by atoms with Crippen molar-refractivity contribution < 1.29 is 9.53 Å². The Morgan fingerprint density at radius 1 is 1.43 bits per heavy atom. The highest BCUT2D eigenvalue weighted by molar-refractivity contribution is 6.31. The van der Waals surface area contributed by atoms with Crippen LogP contribution >= 0.6 is 11.6 Å². The van der Waals surface area contributed by atoms with Crippen molar-refractivity contribution in [2.24, 2.45) is 5.92 Å². The molecule has 5 heteroatoms. The van der Waals surface area contributed by atoms with Gasteiger partial charge in [-0.3, -0.25) is 4.79 Å². The number of halogens is 1. The molecule has 1 saturated carbocycles. The molecule has 0 saturated heterocycles. The van der Waals surface area contributed by atoms with E-state index in [1.54, 1.807) is 25.1 Å². The first kappa shape index (κ1) is 16.1. The number of carbonyl (C=O) groups is 1. The summed E-state index contributed by atoms with van der Waals surface area (Å²) in [6.45, 7) is 2.43. The van der Waals surface area contributed by atoms with E-state index >= 15 is 0 Å². The van der Waals surface area contributed by atoms with Gasteiger partial charge in [-0.2, -0.15) is 0 Å². The summed E-state index contributed by atoms with van der Waals surface area (Å²) in [5.74, 6) is 0.412. The van der Waals surface area contributed by atoms with Gasteiger partial charge < -0.3 is 15.8 Å². The number of ether oxygens (including phenoxy) is 1. The van der Waals surface area contributed by atoms with Gasteiger partial charge in [-0.05, 0) is 43.9 Å². The fourth-order valence-electron chi connectivity index (χ4n) is 2.59. The number of hydrogen-bond acceptors (Lipinski definition) is 3. The van der Waals surface area contributed by atoms with Crippen molar-refractivity contribution in [2.75, 3.05) is 17.7 Å². The zero-order valence-corrected chi connectivity index (χ0v) is 13.2. The number of carbonyl (C=O) groups excluding carboxylic acids is 1. The Morgan fingerprint density at radius 2 is 2.14 bits per heavy atom. The minimum atomic E-state index is -0.484. The van der Waals surface area contributed by atoms with Crippen LogP contribution in [0.5, 0.6) is 0 Å². The molecule has 0 spiro atoms. The highest BCUT2D eigenvalue weighted by atomic mass is 35.5. The summed E-state index contributed by atoms with van der Waals surface area (Å²) in [6.07, 6.45) is 5.80. The Morgan fingerprint density at radius 3 is 2.81 bits per heavy atom. The smallest absolute Gasteiger partial charge is 0.253 e. The van der Waals surface area contributed by atoms with Gasteiger partial charge in [-0.1, -0.05) is 30.9 Å². The fourth-order valence-corrected chi connectivity index (χ4v) is 2.77. The van der Waals surface area contributed by atoms with Crippen molar-refractivity contribution >= 4 is 28.9 Å². The molecule has 1 aliphatic carbocycles. The van der Waals surface area contributed by atoms with Gasteiger partial charge in [0.1, 0.15) is 6.10 Å². The van der Waals surface area contributed by atoms with Crippen molar-refractivity contribution in [3.05, 3.63) is 23.2 Å². The predicted octanol–water partition coefficient (Wildman–Crippen LogP) is 3.85. The summed E-state index contributed by atoms with van der Waals surface area (Å²) < 4.78 is 5.70. The molecule has 3 N–H and O–H groups in total. The maximum absolute atomic E-state index is 12.1. The second kappa shape index (κ2) is 7.66. The lowest BCUT2D eigenvalue weighted by atomic mass is 9.90. The van der Waals surface area contributed by atoms with Gasteiger partial charge in [0.05, 0.1) is 18.0 Å². The number of hydrogen-bond donors (Lipinski definition) is 2. The Bertz CT molecular complexity index is 487. The number of nitrogens with two attached hydrogens (primary N) is 1. The summed E-state index contributed by atoms with van der Waals surface area (Å²) in [4.78, 5) is 12.1. The normalized spacial score (nSPS) is 17.4. The van der Waals surface area contributed by atoms with E-state index in [0.717, 1.165) is 0 Å². The largest absolute Gasteiger partial charge is 0.397 e. The van der Waals surface area contributed by atoms with Crippen LogP contribution < -0.4 is 11.1 Å². The summed E-state index contributed by atoms with van der Waals surface area (Å²) in [5, 5.41) is 3.33. The highest BCUT2D eigenvalue weighted by Gasteiger charge is 2.19. The standard InChI is InChI=1S/C16H23ClN2O2/c1-11(21-10-12-5-3-2-4-6-12)16(20)19-15-8-7-13(17)9-14(15)18/h7-9,11-12H,2-6,10,18H2,1H3,(H,19,20). The zero-order valence-electron chi connectivity index (χ0n) is 12.4. The first-order chi connectivity index (χ1) is 10.1. The molecule has 1 aromatic rings. The molecule has 0 aliphatic heterocycles. The van der Waals surface area contributed by atoms with Gasteiger partial charge in [0.25, 0.3) is 5.91 Å². The number of anilines is 2. The third-order valence-corrected chi connectivity index (χ3v) is 4.18. The van der Waals surface area contributed by atoms with Crippen LogP contribution in [0.1, 0.15) is 39.0 Å². The van der Waals surface area contributed by atoms with E-state index in [2.05, 4.69) is 5.32 Å². The lowest BCUT2D eigenvalue weighted by molar-refractivity contribution is -0.127. The second-order valence-corrected chi connectivity index (χ2v) is 6.14. The van der Waals surface area contributed by atoms with E-state index in [1.165, 1.54) is 32.1 Å². The molecule has 4 nitrogen and oxygen atoms in total. The lowest BCUT2D eigenvalue weighted by Crippen LogP contribution is -2.30. The van der Waals surface area contributed by atoms with Crippen LogP contribution in [0.25, 0.3) is 0 Å². The van der Waals surface area contributed by atoms with Crippen LogP contribution in [0.4, 0.5) is 11.4 Å². The molecule has 1 aliphatic rings. The van der Waals surface area contributed by atoms with Crippen molar-refractivity contribution in [1.29, 1.82) is 0 Å². The maximum Gasteiger partial charge on any atom is 0.253 e. The Kier molecular flexibility index (Phi) is 5.88. The molecule has 1 aromatic carbocycles. The van der Waals surface area contributed by atoms with Crippen LogP contribution in [-0.2, 0) is 9.53 Å². The monoisotopic (exact) mass is 310 g/mol. The summed E-state index contributed by atoms with van der Waals surface area (Å²) in [5.41, 5.74) is 6.84. The molecule has 0 bridgehead atoms. The number of amides is 1. The van der Waals surface area contributed by atoms with Crippen LogP contribution in [0.2, 0.25) is 5.02 Å². The van der Waals surface area contributed by atoms with Gasteiger partial charge in [-0.25, -0.2) is 0 Å². The Hall–Kier alpha value is -1.26. The predicted molar refractivity (Wildman–Crippen MR) is 86.5 cm³/mol. The number of benzene rings is 1. The third-order valence-electron chi connectivity index (χ3n) is 3.95. The fraction of sp³-hybridized carbons (Fsp3) is 0.562. The molecule has 0 aromatic heterocycles. The van der Waals surface area contributed by atoms with E-state index in [4.69, 9.17) is 22.1 Å². The van der Waals surface area contributed by atoms with E-state index in [0.29, 0.717) is 28.9 Å². The molecule has 1 amide bonds. The minimum Gasteiger partial charge on any atom is -0.397 e. The van der Waals surface area contributed by atoms with Crippen molar-refractivity contribution in [3.8, 4) is 0 Å². The Labute approximate surface area is 131 Å². The number of nitrogens with one attached hydrogen (secondary N) is 1. The van der Waals surface area contributed by atoms with Gasteiger partial charge >= 0.3 is 0 Å². The van der Waals surface area contributed by atoms with Gasteiger partial charge in [0, 0.05) is 5.02 Å². The lowest BCUT2D eigenvalue weighted by Gasteiger charge is -2.23. The molecule has 1 atom stereocenters. The van der Waals surface area contributed by atoms with Crippen molar-refractivity contribution in [1.82, 2.24) is 0 Å². The molecular formula is C16H23ClN2O2. The molecule has 0 radical (unpaired) electrons. The van der Waals surface area contributed by atoms with Gasteiger partial charge in [-0.15, -0.1) is 0 Å². The Balaban J connectivity index is 1.81. The number of rotatable bonds is 5. The zero-order chi connectivity index (χ0) is 15.2. The summed E-state index contributed by atoms with van der Waals surface area (Å²) in [6, 6.07) is 5.01. The molecule has 1 unspecified atom stereocenters. The van der Waals surface area contributed by atoms with Crippen LogP contribution in [-0.4, -0.2) is 18.6 Å². The summed E-state index contributed by atoms with van der Waals surface area (Å²) in [7, 11) is 0. The SMILES string of the molecule is CC(OCC1CCCCC1)C(=O)Nc1ccc(Cl)cc1N. The molecule has 21 heavy (non-hydrogen) atoms. The molecule has 116 valence electrons. The van der Waals surface area contributed by atoms with E-state index in [1.807, 2.05) is 0 Å². The minimum absolute atomic E-state index is 0.181. The van der Waals surface area contributed by atoms with E-state index in [-0.39, 0.29) is 5.91 Å². The van der Waals surface area contributed by atoms with Crippen molar-refractivity contribution in [3.63, 3.8) is 0 Å². The van der Waals surface area contributed by atoms with Crippen LogP contribution in [0.3, 0.4) is 0 Å². The highest BCUT2D eigenvalue weighted by Crippen LogP contribution is 2.25. The van der Waals surface area contributed by atoms with E-state index < -0.39 is 6.10 Å². The maximum atomic E-state index is 12.1. The molecule has 1 fully saturated rings. The number of nitrogen functional groups attached to an aromatic ring is 1. The second-order valence-electron chi connectivity index (χ2n) is 5.70. The molecular weight excluding hydrogens is 288 g/mol. The average molecular weight is 311 g/mol. The van der Waals surface area contributed by atoms with E-state index in [9.17, 15) is 4.79 Å². The van der Waals surface area contributed by atoms with Gasteiger partial charge in [0.2, 0.25) is 0 Å². The molecule has 0 heterocycles. The first-order valence-corrected chi connectivity index (χ1v) is 7.91. The topological polar surface area (TPSA) is 64.3 Å². The molecule has 2 rings (SSSR count). The average Bonchev–Trinajstić information content (AvgIpc) is 2.48. The summed E-state index contributed by atoms with van der Waals surface area (Å²) >= 11 is 5.83. The van der Waals surface area contributed by atoms with Crippen LogP contribution in [0, 0.1) is 5.92 Å². The van der Waals surface area contributed by atoms with Crippen molar-refractivity contribution in [2.45, 2.75) is 45.1 Å². The quantitative estimate of drug-likeness (QED) is 0.812. The first-order valence-electron chi connectivity index (χ1n) is 7.53.